The molecular weight excluding hydrogens is 366 g/mol. The number of esters is 1. The first-order valence-corrected chi connectivity index (χ1v) is 9.29. The Morgan fingerprint density at radius 3 is 2.38 bits per heavy atom. The smallest absolute Gasteiger partial charge is 0.337 e. The lowest BCUT2D eigenvalue weighted by Crippen LogP contribution is -2.12. The first-order valence-electron chi connectivity index (χ1n) is 9.29. The van der Waals surface area contributed by atoms with Crippen LogP contribution in [0.15, 0.2) is 66.9 Å². The van der Waals surface area contributed by atoms with Gasteiger partial charge in [-0.2, -0.15) is 0 Å². The Kier molecular flexibility index (Phi) is 6.24. The predicted octanol–water partition coefficient (Wildman–Crippen LogP) is 4.99. The fraction of sp³-hybridized carbons (Fsp3) is 0.174. The van der Waals surface area contributed by atoms with E-state index in [4.69, 9.17) is 4.74 Å². The van der Waals surface area contributed by atoms with Gasteiger partial charge in [-0.25, -0.2) is 9.78 Å². The number of methoxy groups -OCH3 is 1. The van der Waals surface area contributed by atoms with Crippen molar-refractivity contribution in [3.05, 3.63) is 83.6 Å². The van der Waals surface area contributed by atoms with Crippen molar-refractivity contribution < 1.29 is 14.3 Å². The third-order valence-corrected chi connectivity index (χ3v) is 4.41. The van der Waals surface area contributed by atoms with Crippen LogP contribution in [-0.4, -0.2) is 24.0 Å². The second-order valence-electron chi connectivity index (χ2n) is 6.86. The quantitative estimate of drug-likeness (QED) is 0.581. The van der Waals surface area contributed by atoms with E-state index >= 15 is 0 Å². The number of rotatable bonds is 6. The van der Waals surface area contributed by atoms with Crippen LogP contribution in [0.5, 0.6) is 0 Å². The lowest BCUT2D eigenvalue weighted by atomic mass is 10.0. The van der Waals surface area contributed by atoms with E-state index in [1.165, 1.54) is 12.7 Å². The number of pyridine rings is 1. The molecule has 6 nitrogen and oxygen atoms in total. The summed E-state index contributed by atoms with van der Waals surface area (Å²) in [6, 6.07) is 18.0. The van der Waals surface area contributed by atoms with Crippen molar-refractivity contribution in [1.29, 1.82) is 0 Å². The molecule has 2 aromatic carbocycles. The first-order chi connectivity index (χ1) is 14.0. The Bertz CT molecular complexity index is 1010. The summed E-state index contributed by atoms with van der Waals surface area (Å²) in [5.74, 6) is 0.287. The fourth-order valence-electron chi connectivity index (χ4n) is 2.78. The van der Waals surface area contributed by atoms with Crippen molar-refractivity contribution in [1.82, 2.24) is 4.98 Å². The van der Waals surface area contributed by atoms with Gasteiger partial charge in [-0.05, 0) is 53.9 Å². The summed E-state index contributed by atoms with van der Waals surface area (Å²) in [6.45, 7) is 4.25. The Hall–Kier alpha value is -3.67. The van der Waals surface area contributed by atoms with Gasteiger partial charge in [-0.15, -0.1) is 0 Å². The van der Waals surface area contributed by atoms with Crippen molar-refractivity contribution in [3.63, 3.8) is 0 Å². The van der Waals surface area contributed by atoms with Crippen LogP contribution in [0.2, 0.25) is 0 Å². The number of hydrogen-bond acceptors (Lipinski definition) is 5. The highest BCUT2D eigenvalue weighted by atomic mass is 16.5. The van der Waals surface area contributed by atoms with Crippen LogP contribution in [0.4, 0.5) is 17.2 Å². The molecule has 0 saturated carbocycles. The van der Waals surface area contributed by atoms with Crippen molar-refractivity contribution >= 4 is 29.1 Å². The monoisotopic (exact) mass is 389 g/mol. The van der Waals surface area contributed by atoms with Crippen molar-refractivity contribution in [2.45, 2.75) is 19.8 Å². The summed E-state index contributed by atoms with van der Waals surface area (Å²) in [4.78, 5) is 28.5. The number of nitrogens with one attached hydrogen (secondary N) is 2. The highest BCUT2D eigenvalue weighted by Crippen LogP contribution is 2.20. The molecule has 6 heteroatoms. The normalized spacial score (nSPS) is 10.5. The van der Waals surface area contributed by atoms with E-state index in [1.807, 2.05) is 24.3 Å². The number of aromatic nitrogens is 1. The number of carbonyl (C=O) groups is 2. The molecule has 0 radical (unpaired) electrons. The maximum absolute atomic E-state index is 12.6. The molecule has 2 N–H and O–H groups in total. The molecule has 1 heterocycles. The van der Waals surface area contributed by atoms with E-state index in [-0.39, 0.29) is 5.91 Å². The molecule has 3 aromatic rings. The van der Waals surface area contributed by atoms with Gasteiger partial charge in [0.05, 0.1) is 12.7 Å². The van der Waals surface area contributed by atoms with E-state index in [9.17, 15) is 9.59 Å². The average molecular weight is 389 g/mol. The number of carbonyl (C=O) groups excluding carboxylic acids is 2. The second-order valence-corrected chi connectivity index (χ2v) is 6.86. The van der Waals surface area contributed by atoms with E-state index in [2.05, 4.69) is 29.5 Å². The second kappa shape index (κ2) is 9.01. The van der Waals surface area contributed by atoms with Crippen molar-refractivity contribution in [2.24, 2.45) is 0 Å². The summed E-state index contributed by atoms with van der Waals surface area (Å²) < 4.78 is 4.73. The minimum absolute atomic E-state index is 0.226. The molecule has 0 fully saturated rings. The van der Waals surface area contributed by atoms with Crippen LogP contribution >= 0.6 is 0 Å². The number of anilines is 3. The maximum Gasteiger partial charge on any atom is 0.337 e. The molecule has 0 bridgehead atoms. The van der Waals surface area contributed by atoms with E-state index < -0.39 is 5.97 Å². The summed E-state index contributed by atoms with van der Waals surface area (Å²) in [7, 11) is 1.34. The zero-order valence-corrected chi connectivity index (χ0v) is 16.6. The number of benzene rings is 2. The van der Waals surface area contributed by atoms with Crippen molar-refractivity contribution in [2.75, 3.05) is 17.7 Å². The SMILES string of the molecule is COC(=O)c1cccc(Nc2cc(C(=O)Nc3ccc(C(C)C)cc3)ccn2)c1. The number of ether oxygens (including phenoxy) is 1. The molecule has 0 aliphatic carbocycles. The molecule has 148 valence electrons. The summed E-state index contributed by atoms with van der Waals surface area (Å²) in [5, 5.41) is 5.99. The van der Waals surface area contributed by atoms with Gasteiger partial charge in [0.25, 0.3) is 5.91 Å². The number of nitrogens with zero attached hydrogens (tertiary/aromatic N) is 1. The van der Waals surface area contributed by atoms with Gasteiger partial charge >= 0.3 is 5.97 Å². The van der Waals surface area contributed by atoms with Gasteiger partial charge in [0.15, 0.2) is 0 Å². The van der Waals surface area contributed by atoms with E-state index in [0.717, 1.165) is 5.69 Å². The Balaban J connectivity index is 1.72. The Morgan fingerprint density at radius 2 is 1.69 bits per heavy atom. The molecule has 0 spiro atoms. The molecule has 29 heavy (non-hydrogen) atoms. The van der Waals surface area contributed by atoms with Crippen LogP contribution in [0.25, 0.3) is 0 Å². The third kappa shape index (κ3) is 5.19. The van der Waals surface area contributed by atoms with Gasteiger partial charge in [0, 0.05) is 23.1 Å². The van der Waals surface area contributed by atoms with E-state index in [0.29, 0.717) is 28.6 Å². The van der Waals surface area contributed by atoms with Crippen LogP contribution in [-0.2, 0) is 4.74 Å². The summed E-state index contributed by atoms with van der Waals surface area (Å²) >= 11 is 0. The van der Waals surface area contributed by atoms with Crippen molar-refractivity contribution in [3.8, 4) is 0 Å². The molecule has 1 amide bonds. The predicted molar refractivity (Wildman–Crippen MR) is 114 cm³/mol. The highest BCUT2D eigenvalue weighted by Gasteiger charge is 2.10. The standard InChI is InChI=1S/C23H23N3O3/c1-15(2)16-7-9-19(10-8-16)26-22(27)17-11-12-24-21(14-17)25-20-6-4-5-18(13-20)23(28)29-3/h4-15H,1-3H3,(H,24,25)(H,26,27). The lowest BCUT2D eigenvalue weighted by molar-refractivity contribution is 0.0600. The van der Waals surface area contributed by atoms with Gasteiger partial charge in [0.2, 0.25) is 0 Å². The molecule has 0 aliphatic rings. The fourth-order valence-corrected chi connectivity index (χ4v) is 2.78. The molecule has 0 aliphatic heterocycles. The van der Waals surface area contributed by atoms with Crippen LogP contribution in [0.1, 0.15) is 46.0 Å². The zero-order valence-electron chi connectivity index (χ0n) is 16.6. The third-order valence-electron chi connectivity index (χ3n) is 4.41. The molecule has 3 rings (SSSR count). The molecular formula is C23H23N3O3. The van der Waals surface area contributed by atoms with Gasteiger partial charge < -0.3 is 15.4 Å². The lowest BCUT2D eigenvalue weighted by Gasteiger charge is -2.10. The number of hydrogen-bond donors (Lipinski definition) is 2. The summed E-state index contributed by atoms with van der Waals surface area (Å²) in [5.41, 5.74) is 3.52. The minimum Gasteiger partial charge on any atom is -0.465 e. The first kappa shape index (κ1) is 20.1. The molecule has 1 aromatic heterocycles. The Labute approximate surface area is 169 Å². The van der Waals surface area contributed by atoms with Crippen LogP contribution in [0.3, 0.4) is 0 Å². The molecule has 0 unspecified atom stereocenters. The average Bonchev–Trinajstić information content (AvgIpc) is 2.74. The van der Waals surface area contributed by atoms with Gasteiger partial charge in [-0.3, -0.25) is 4.79 Å². The summed E-state index contributed by atoms with van der Waals surface area (Å²) in [6.07, 6.45) is 1.56. The van der Waals surface area contributed by atoms with E-state index in [1.54, 1.807) is 42.6 Å². The topological polar surface area (TPSA) is 80.3 Å². The molecule has 0 saturated heterocycles. The maximum atomic E-state index is 12.6. The van der Waals surface area contributed by atoms with Gasteiger partial charge in [0.1, 0.15) is 5.82 Å². The minimum atomic E-state index is -0.418. The van der Waals surface area contributed by atoms with Gasteiger partial charge in [-0.1, -0.05) is 32.0 Å². The highest BCUT2D eigenvalue weighted by molar-refractivity contribution is 6.04. The zero-order chi connectivity index (χ0) is 20.8. The van der Waals surface area contributed by atoms with Crippen LogP contribution < -0.4 is 10.6 Å². The number of amides is 1. The molecule has 0 atom stereocenters. The largest absolute Gasteiger partial charge is 0.465 e. The van der Waals surface area contributed by atoms with Crippen LogP contribution in [0, 0.1) is 0 Å². The Morgan fingerprint density at radius 1 is 0.931 bits per heavy atom.